The van der Waals surface area contributed by atoms with E-state index >= 15 is 0 Å². The molecule has 1 fully saturated rings. The van der Waals surface area contributed by atoms with Crippen LogP contribution in [0, 0.1) is 11.3 Å². The van der Waals surface area contributed by atoms with Crippen molar-refractivity contribution in [3.05, 3.63) is 32.1 Å². The standard InChI is InChI=1S/C16H25N3O2/c1-10-7-11(9-16(2,3)8-10)18-14(20)12-5-4-6-13(12)19(17)15(18)21/h10-11H,4-9,17H2,1-3H3. The van der Waals surface area contributed by atoms with Gasteiger partial charge in [-0.2, -0.15) is 0 Å². The topological polar surface area (TPSA) is 70.0 Å². The van der Waals surface area contributed by atoms with Crippen LogP contribution in [0.4, 0.5) is 0 Å². The number of hydrogen-bond acceptors (Lipinski definition) is 3. The van der Waals surface area contributed by atoms with Gasteiger partial charge in [0, 0.05) is 11.6 Å². The molecule has 2 aliphatic carbocycles. The Morgan fingerprint density at radius 3 is 2.57 bits per heavy atom. The average Bonchev–Trinajstić information content (AvgIpc) is 2.83. The SMILES string of the molecule is CC1CC(n2c(=O)c3c(n(N)c2=O)CCC3)CC(C)(C)C1. The first-order valence-corrected chi connectivity index (χ1v) is 7.94. The second-order valence-electron chi connectivity index (χ2n) is 7.67. The van der Waals surface area contributed by atoms with E-state index in [1.807, 2.05) is 0 Å². The Kier molecular flexibility index (Phi) is 3.26. The monoisotopic (exact) mass is 291 g/mol. The largest absolute Gasteiger partial charge is 0.349 e. The smallest absolute Gasteiger partial charge is 0.335 e. The molecule has 21 heavy (non-hydrogen) atoms. The van der Waals surface area contributed by atoms with Gasteiger partial charge in [0.25, 0.3) is 5.56 Å². The van der Waals surface area contributed by atoms with Crippen molar-refractivity contribution >= 4 is 0 Å². The van der Waals surface area contributed by atoms with Crippen molar-refractivity contribution in [2.75, 3.05) is 5.84 Å². The molecule has 0 bridgehead atoms. The molecule has 1 aromatic rings. The zero-order valence-electron chi connectivity index (χ0n) is 13.2. The first-order valence-electron chi connectivity index (χ1n) is 7.94. The summed E-state index contributed by atoms with van der Waals surface area (Å²) in [7, 11) is 0. The van der Waals surface area contributed by atoms with Gasteiger partial charge in [-0.1, -0.05) is 20.8 Å². The van der Waals surface area contributed by atoms with Gasteiger partial charge in [0.05, 0.1) is 5.69 Å². The minimum Gasteiger partial charge on any atom is -0.335 e. The van der Waals surface area contributed by atoms with Gasteiger partial charge >= 0.3 is 5.69 Å². The summed E-state index contributed by atoms with van der Waals surface area (Å²) in [6, 6.07) is -0.0237. The zero-order chi connectivity index (χ0) is 15.4. The molecule has 0 aliphatic heterocycles. The quantitative estimate of drug-likeness (QED) is 0.799. The van der Waals surface area contributed by atoms with Crippen LogP contribution in [0.3, 0.4) is 0 Å². The molecule has 116 valence electrons. The van der Waals surface area contributed by atoms with Gasteiger partial charge in [0.1, 0.15) is 0 Å². The summed E-state index contributed by atoms with van der Waals surface area (Å²) in [6.07, 6.45) is 5.29. The Morgan fingerprint density at radius 1 is 1.19 bits per heavy atom. The summed E-state index contributed by atoms with van der Waals surface area (Å²) in [5, 5.41) is 0. The molecular formula is C16H25N3O2. The summed E-state index contributed by atoms with van der Waals surface area (Å²) in [6.45, 7) is 6.64. The van der Waals surface area contributed by atoms with Gasteiger partial charge in [-0.3, -0.25) is 9.36 Å². The van der Waals surface area contributed by atoms with Crippen LogP contribution in [-0.2, 0) is 12.8 Å². The number of aromatic nitrogens is 2. The van der Waals surface area contributed by atoms with Crippen molar-refractivity contribution < 1.29 is 0 Å². The second-order valence-corrected chi connectivity index (χ2v) is 7.67. The maximum absolute atomic E-state index is 12.7. The molecule has 0 radical (unpaired) electrons. The third kappa shape index (κ3) is 2.32. The lowest BCUT2D eigenvalue weighted by molar-refractivity contribution is 0.131. The molecule has 1 saturated carbocycles. The van der Waals surface area contributed by atoms with Crippen LogP contribution in [-0.4, -0.2) is 9.24 Å². The predicted molar refractivity (Wildman–Crippen MR) is 83.0 cm³/mol. The molecular weight excluding hydrogens is 266 g/mol. The molecule has 2 atom stereocenters. The molecule has 5 nitrogen and oxygen atoms in total. The number of nitrogens with two attached hydrogens (primary N) is 1. The minimum atomic E-state index is -0.337. The van der Waals surface area contributed by atoms with E-state index in [0.717, 1.165) is 49.8 Å². The van der Waals surface area contributed by atoms with Crippen molar-refractivity contribution in [3.63, 3.8) is 0 Å². The zero-order valence-corrected chi connectivity index (χ0v) is 13.2. The highest BCUT2D eigenvalue weighted by molar-refractivity contribution is 5.23. The lowest BCUT2D eigenvalue weighted by atomic mass is 9.70. The van der Waals surface area contributed by atoms with Gasteiger partial charge in [0.2, 0.25) is 0 Å². The van der Waals surface area contributed by atoms with E-state index in [-0.39, 0.29) is 22.7 Å². The fourth-order valence-corrected chi connectivity index (χ4v) is 4.50. The maximum atomic E-state index is 12.7. The number of hydrogen-bond donors (Lipinski definition) is 1. The van der Waals surface area contributed by atoms with Crippen LogP contribution in [0.1, 0.15) is 63.8 Å². The van der Waals surface area contributed by atoms with E-state index in [2.05, 4.69) is 20.8 Å². The van der Waals surface area contributed by atoms with Gasteiger partial charge in [-0.25, -0.2) is 9.47 Å². The van der Waals surface area contributed by atoms with Gasteiger partial charge in [-0.15, -0.1) is 0 Å². The molecule has 0 saturated heterocycles. The summed E-state index contributed by atoms with van der Waals surface area (Å²) < 4.78 is 2.66. The molecule has 1 aromatic heterocycles. The fourth-order valence-electron chi connectivity index (χ4n) is 4.50. The van der Waals surface area contributed by atoms with Gasteiger partial charge in [0.15, 0.2) is 0 Å². The highest BCUT2D eigenvalue weighted by Crippen LogP contribution is 2.43. The Morgan fingerprint density at radius 2 is 1.90 bits per heavy atom. The van der Waals surface area contributed by atoms with Crippen LogP contribution < -0.4 is 17.1 Å². The molecule has 2 unspecified atom stereocenters. The van der Waals surface area contributed by atoms with Gasteiger partial charge in [-0.05, 0) is 49.9 Å². The van der Waals surface area contributed by atoms with E-state index in [4.69, 9.17) is 5.84 Å². The summed E-state index contributed by atoms with van der Waals surface area (Å²) >= 11 is 0. The molecule has 0 amide bonds. The van der Waals surface area contributed by atoms with Crippen LogP contribution in [0.25, 0.3) is 0 Å². The highest BCUT2D eigenvalue weighted by Gasteiger charge is 2.35. The van der Waals surface area contributed by atoms with Crippen molar-refractivity contribution in [2.24, 2.45) is 11.3 Å². The van der Waals surface area contributed by atoms with Crippen LogP contribution in [0.5, 0.6) is 0 Å². The number of fused-ring (bicyclic) bond motifs is 1. The molecule has 1 heterocycles. The van der Waals surface area contributed by atoms with Crippen molar-refractivity contribution in [1.29, 1.82) is 0 Å². The summed E-state index contributed by atoms with van der Waals surface area (Å²) in [5.41, 5.74) is 1.23. The minimum absolute atomic E-state index is 0.0237. The van der Waals surface area contributed by atoms with Crippen molar-refractivity contribution in [2.45, 2.75) is 65.3 Å². The molecule has 3 rings (SSSR count). The van der Waals surface area contributed by atoms with E-state index < -0.39 is 0 Å². The number of rotatable bonds is 1. The second kappa shape index (κ2) is 4.75. The fraction of sp³-hybridized carbons (Fsp3) is 0.750. The first kappa shape index (κ1) is 14.4. The number of nitrogens with zero attached hydrogens (tertiary/aromatic N) is 2. The van der Waals surface area contributed by atoms with E-state index in [0.29, 0.717) is 5.92 Å². The predicted octanol–water partition coefficient (Wildman–Crippen LogP) is 1.60. The highest BCUT2D eigenvalue weighted by atomic mass is 16.2. The van der Waals surface area contributed by atoms with Gasteiger partial charge < -0.3 is 5.84 Å². The average molecular weight is 291 g/mol. The molecule has 0 aromatic carbocycles. The van der Waals surface area contributed by atoms with Crippen LogP contribution in [0.2, 0.25) is 0 Å². The molecule has 2 aliphatic rings. The summed E-state index contributed by atoms with van der Waals surface area (Å²) in [5.74, 6) is 6.48. The maximum Gasteiger partial charge on any atom is 0.349 e. The van der Waals surface area contributed by atoms with E-state index in [1.165, 1.54) is 9.24 Å². The molecule has 5 heteroatoms. The Labute approximate surface area is 124 Å². The third-order valence-corrected chi connectivity index (χ3v) is 5.10. The lowest BCUT2D eigenvalue weighted by Gasteiger charge is -2.39. The number of nitrogen functional groups attached to an aromatic ring is 1. The van der Waals surface area contributed by atoms with E-state index in [1.54, 1.807) is 0 Å². The first-order chi connectivity index (χ1) is 9.80. The normalized spacial score (nSPS) is 27.6. The Bertz CT molecular complexity index is 684. The summed E-state index contributed by atoms with van der Waals surface area (Å²) in [4.78, 5) is 25.3. The Balaban J connectivity index is 2.13. The van der Waals surface area contributed by atoms with Crippen molar-refractivity contribution in [1.82, 2.24) is 9.24 Å². The third-order valence-electron chi connectivity index (χ3n) is 5.10. The van der Waals surface area contributed by atoms with Crippen LogP contribution in [0.15, 0.2) is 9.59 Å². The Hall–Kier alpha value is -1.52. The lowest BCUT2D eigenvalue weighted by Crippen LogP contribution is -2.49. The molecule has 2 N–H and O–H groups in total. The van der Waals surface area contributed by atoms with E-state index in [9.17, 15) is 9.59 Å². The molecule has 0 spiro atoms. The van der Waals surface area contributed by atoms with Crippen LogP contribution >= 0.6 is 0 Å². The van der Waals surface area contributed by atoms with Crippen molar-refractivity contribution in [3.8, 4) is 0 Å².